The fraction of sp³-hybridized carbons (Fsp3) is 0.167. The Morgan fingerprint density at radius 2 is 1.03 bits per heavy atom. The van der Waals surface area contributed by atoms with Crippen molar-refractivity contribution in [1.82, 2.24) is 0 Å². The van der Waals surface area contributed by atoms with E-state index < -0.39 is 10.2 Å². The Morgan fingerprint density at radius 3 is 1.39 bits per heavy atom. The predicted molar refractivity (Wildman–Crippen MR) is 114 cm³/mol. The van der Waals surface area contributed by atoms with Crippen molar-refractivity contribution in [3.8, 4) is 0 Å². The average Bonchev–Trinajstić information content (AvgIpc) is 3.10. The molecule has 0 radical (unpaired) electrons. The summed E-state index contributed by atoms with van der Waals surface area (Å²) in [5.74, 6) is 0. The van der Waals surface area contributed by atoms with Gasteiger partial charge in [0.25, 0.3) is 0 Å². The maximum atomic E-state index is 8.83. The summed E-state index contributed by atoms with van der Waals surface area (Å²) in [5, 5.41) is 0. The van der Waals surface area contributed by atoms with Gasteiger partial charge in [-0.25, -0.2) is 0 Å². The van der Waals surface area contributed by atoms with Gasteiger partial charge < -0.3 is 0 Å². The first kappa shape index (κ1) is 22.8. The Kier molecular flexibility index (Phi) is 6.69. The fourth-order valence-corrected chi connectivity index (χ4v) is 3.75. The van der Waals surface area contributed by atoms with E-state index in [4.69, 9.17) is 18.6 Å². The molecule has 4 heterocycles. The summed E-state index contributed by atoms with van der Waals surface area (Å²) in [5.41, 5.74) is 10.4. The number of allylic oxidation sites excluding steroid dienone is 10. The monoisotopic (exact) mass is 442 g/mol. The van der Waals surface area contributed by atoms with E-state index >= 15 is 0 Å². The minimum atomic E-state index is -4.19. The van der Waals surface area contributed by atoms with E-state index in [-0.39, 0.29) is 0 Å². The summed E-state index contributed by atoms with van der Waals surface area (Å²) in [6, 6.07) is 12.7. The summed E-state index contributed by atoms with van der Waals surface area (Å²) >= 11 is 0. The number of hydrogen-bond acceptors (Lipinski definition) is 4. The average molecular weight is 443 g/mol. The number of pyridine rings is 2. The zero-order chi connectivity index (χ0) is 22.8. The Bertz CT molecular complexity index is 1080. The Labute approximate surface area is 184 Å². The number of fused-ring (bicyclic) bond motifs is 2. The van der Waals surface area contributed by atoms with Crippen molar-refractivity contribution < 1.29 is 38.0 Å². The summed E-state index contributed by atoms with van der Waals surface area (Å²) < 4.78 is 34.7. The molecule has 0 fully saturated rings. The van der Waals surface area contributed by atoms with Crippen LogP contribution in [0.1, 0.15) is 39.1 Å². The molecule has 7 heteroatoms. The Morgan fingerprint density at radius 1 is 0.677 bits per heavy atom. The van der Waals surface area contributed by atoms with Crippen LogP contribution in [0.25, 0.3) is 22.5 Å². The molecule has 2 aromatic rings. The number of nitrogens with zero attached hydrogens (tertiary/aromatic N) is 2. The first-order valence-corrected chi connectivity index (χ1v) is 11.0. The second kappa shape index (κ2) is 9.09. The second-order valence-corrected chi connectivity index (χ2v) is 8.20. The van der Waals surface area contributed by atoms with E-state index in [0.29, 0.717) is 0 Å². The predicted octanol–water partition coefficient (Wildman–Crippen LogP) is 1.95. The van der Waals surface area contributed by atoms with Crippen molar-refractivity contribution in [2.24, 2.45) is 0 Å². The molecule has 2 aliphatic heterocycles. The molecule has 0 amide bonds. The van der Waals surface area contributed by atoms with Gasteiger partial charge in [-0.1, -0.05) is 12.2 Å². The molecule has 0 bridgehead atoms. The summed E-state index contributed by atoms with van der Waals surface area (Å²) in [7, 11) is -4.19. The van der Waals surface area contributed by atoms with E-state index in [1.165, 1.54) is 45.1 Å². The normalized spacial score (nSPS) is 18.6. The third kappa shape index (κ3) is 5.07. The van der Waals surface area contributed by atoms with Crippen LogP contribution < -0.4 is 13.8 Å². The van der Waals surface area contributed by atoms with Gasteiger partial charge in [0.05, 0.1) is 0 Å². The Hall–Kier alpha value is -2.87. The van der Waals surface area contributed by atoms with Crippen LogP contribution in [0.5, 0.6) is 0 Å². The third-order valence-electron chi connectivity index (χ3n) is 5.52. The first-order chi connectivity index (χ1) is 14.6. The van der Waals surface area contributed by atoms with Gasteiger partial charge in [-0.2, -0.15) is 9.13 Å². The molecule has 2 aromatic heterocycles. The van der Waals surface area contributed by atoms with Gasteiger partial charge in [-0.15, -0.1) is 0 Å². The maximum absolute atomic E-state index is 8.83. The van der Waals surface area contributed by atoms with Crippen LogP contribution in [-0.2, 0) is 0 Å². The zero-order valence-corrected chi connectivity index (χ0v) is 18.7. The van der Waals surface area contributed by atoms with Crippen molar-refractivity contribution in [2.75, 3.05) is 0 Å². The molecule has 0 atom stereocenters. The van der Waals surface area contributed by atoms with Crippen LogP contribution in [0, 0.1) is 10.2 Å². The van der Waals surface area contributed by atoms with Gasteiger partial charge in [0.15, 0.2) is 12.4 Å². The molecular weight excluding hydrogens is 416 g/mol. The fourth-order valence-electron chi connectivity index (χ4n) is 3.75. The van der Waals surface area contributed by atoms with E-state index in [9.17, 15) is 0 Å². The van der Waals surface area contributed by atoms with Crippen LogP contribution in [-0.4, -0.2) is 14.0 Å². The zero-order valence-electron chi connectivity index (χ0n) is 18.0. The Balaban J connectivity index is 0.000000491. The van der Waals surface area contributed by atoms with Crippen LogP contribution in [0.2, 0.25) is 0 Å². The van der Waals surface area contributed by atoms with Crippen molar-refractivity contribution in [2.45, 2.75) is 27.7 Å². The number of aromatic nitrogens is 2. The first-order valence-electron chi connectivity index (χ1n) is 9.73. The van der Waals surface area contributed by atoms with Gasteiger partial charge in [0, 0.05) is 58.7 Å². The third-order valence-corrected chi connectivity index (χ3v) is 5.52. The SMILES string of the molecule is CC1=C(C)c2cccc[n+]2/C1=C/C=C/C=C1\C(C)=C(C)c2cccc[n+]21.[O-][Cl+](O)(O)O. The van der Waals surface area contributed by atoms with E-state index in [0.717, 1.165) is 0 Å². The molecule has 0 saturated heterocycles. The topological polar surface area (TPSA) is 91.5 Å². The van der Waals surface area contributed by atoms with Gasteiger partial charge in [0.2, 0.25) is 22.8 Å². The molecule has 3 N–H and O–H groups in total. The number of rotatable bonds is 2. The molecule has 2 aliphatic rings. The minimum absolute atomic E-state index is 1.25. The number of halogens is 1. The van der Waals surface area contributed by atoms with E-state index in [1.54, 1.807) is 0 Å². The van der Waals surface area contributed by atoms with Crippen molar-refractivity contribution >= 4 is 22.5 Å². The molecule has 31 heavy (non-hydrogen) atoms. The van der Waals surface area contributed by atoms with Crippen LogP contribution in [0.3, 0.4) is 0 Å². The van der Waals surface area contributed by atoms with Crippen molar-refractivity contribution in [1.29, 1.82) is 0 Å². The molecule has 0 aliphatic carbocycles. The quantitative estimate of drug-likeness (QED) is 0.620. The summed E-state index contributed by atoms with van der Waals surface area (Å²) in [6.07, 6.45) is 12.9. The van der Waals surface area contributed by atoms with Gasteiger partial charge in [0.1, 0.15) is 0 Å². The van der Waals surface area contributed by atoms with Crippen LogP contribution in [0.4, 0.5) is 0 Å². The molecule has 6 nitrogen and oxygen atoms in total. The van der Waals surface area contributed by atoms with Gasteiger partial charge in [-0.3, -0.25) is 0 Å². The standard InChI is InChI=1S/C24H24N2.ClH3O4/c1-17-19(3)23-13-7-9-15-25(23)21(17)11-5-6-12-22-18(2)20(4)24-14-8-10-16-26(22)24;2-1(3,4)5/h5-16H,1-4H3;2-4H/q+2;/b6-5+,21-11+,22-12+;. The molecule has 0 aromatic carbocycles. The summed E-state index contributed by atoms with van der Waals surface area (Å²) in [4.78, 5) is 0. The molecule has 0 unspecified atom stereocenters. The van der Waals surface area contributed by atoms with Crippen molar-refractivity contribution in [3.05, 3.63) is 95.6 Å². The van der Waals surface area contributed by atoms with E-state index in [2.05, 4.69) is 110 Å². The molecule has 4 rings (SSSR count). The van der Waals surface area contributed by atoms with Crippen molar-refractivity contribution in [3.63, 3.8) is 0 Å². The molecular formula is C24H27ClN2O4+2. The summed E-state index contributed by atoms with van der Waals surface area (Å²) in [6.45, 7) is 8.77. The second-order valence-electron chi connectivity index (χ2n) is 7.33. The molecule has 0 spiro atoms. The van der Waals surface area contributed by atoms with Crippen LogP contribution in [0.15, 0.2) is 84.2 Å². The molecule has 0 saturated carbocycles. The molecule has 162 valence electrons. The number of hydrogen-bond donors (Lipinski definition) is 3. The van der Waals surface area contributed by atoms with Crippen LogP contribution >= 0.6 is 0 Å². The van der Waals surface area contributed by atoms with Gasteiger partial charge in [-0.05, 0) is 39.8 Å². The van der Waals surface area contributed by atoms with Gasteiger partial charge >= 0.3 is 28.9 Å². The van der Waals surface area contributed by atoms with E-state index in [1.807, 2.05) is 0 Å².